The third-order valence-corrected chi connectivity index (χ3v) is 3.43. The Morgan fingerprint density at radius 3 is 2.36 bits per heavy atom. The van der Waals surface area contributed by atoms with E-state index in [-0.39, 0.29) is 19.6 Å². The largest absolute Gasteiger partial charge is 0.466 e. The van der Waals surface area contributed by atoms with Crippen molar-refractivity contribution in [1.82, 2.24) is 10.6 Å². The van der Waals surface area contributed by atoms with Gasteiger partial charge in [0.15, 0.2) is 0 Å². The van der Waals surface area contributed by atoms with Gasteiger partial charge < -0.3 is 21.1 Å². The van der Waals surface area contributed by atoms with E-state index in [1.807, 2.05) is 0 Å². The Bertz CT molecular complexity index is 618. The van der Waals surface area contributed by atoms with Gasteiger partial charge in [-0.2, -0.15) is 0 Å². The maximum absolute atomic E-state index is 12.0. The summed E-state index contributed by atoms with van der Waals surface area (Å²) in [6, 6.07) is 7.36. The van der Waals surface area contributed by atoms with Crippen LogP contribution in [0.4, 0.5) is 0 Å². The van der Waals surface area contributed by atoms with Crippen LogP contribution in [0.2, 0.25) is 0 Å². The average Bonchev–Trinajstić information content (AvgIpc) is 2.58. The minimum atomic E-state index is -1.04. The van der Waals surface area contributed by atoms with E-state index in [1.54, 1.807) is 44.2 Å². The van der Waals surface area contributed by atoms with Crippen molar-refractivity contribution in [2.75, 3.05) is 13.2 Å². The Morgan fingerprint density at radius 2 is 1.80 bits per heavy atom. The number of benzene rings is 1. The SMILES string of the molecule is CCOC(=O)C[C@H](C)[C@H](NC(=O)CNC(=O)c1ccccc1)C(N)=O. The van der Waals surface area contributed by atoms with Crippen LogP contribution in [-0.4, -0.2) is 42.9 Å². The van der Waals surface area contributed by atoms with Gasteiger partial charge in [0.2, 0.25) is 11.8 Å². The number of esters is 1. The van der Waals surface area contributed by atoms with Gasteiger partial charge in [-0.25, -0.2) is 0 Å². The van der Waals surface area contributed by atoms with Crippen molar-refractivity contribution in [2.24, 2.45) is 11.7 Å². The molecule has 3 amide bonds. The highest BCUT2D eigenvalue weighted by atomic mass is 16.5. The summed E-state index contributed by atoms with van der Waals surface area (Å²) in [6.45, 7) is 3.19. The molecule has 0 spiro atoms. The predicted molar refractivity (Wildman–Crippen MR) is 90.3 cm³/mol. The first kappa shape index (κ1) is 20.1. The second-order valence-corrected chi connectivity index (χ2v) is 5.48. The van der Waals surface area contributed by atoms with Crippen molar-refractivity contribution in [1.29, 1.82) is 0 Å². The number of hydrogen-bond donors (Lipinski definition) is 3. The summed E-state index contributed by atoms with van der Waals surface area (Å²) in [5.41, 5.74) is 5.70. The summed E-state index contributed by atoms with van der Waals surface area (Å²) in [5, 5.41) is 4.88. The molecule has 2 atom stereocenters. The molecule has 8 heteroatoms. The molecule has 0 aromatic heterocycles. The van der Waals surface area contributed by atoms with Gasteiger partial charge in [-0.05, 0) is 25.0 Å². The van der Waals surface area contributed by atoms with E-state index in [0.717, 1.165) is 0 Å². The van der Waals surface area contributed by atoms with Gasteiger partial charge in [-0.3, -0.25) is 19.2 Å². The summed E-state index contributed by atoms with van der Waals surface area (Å²) in [6.07, 6.45) is -0.0574. The van der Waals surface area contributed by atoms with Crippen LogP contribution in [0.1, 0.15) is 30.6 Å². The summed E-state index contributed by atoms with van der Waals surface area (Å²) in [7, 11) is 0. The molecule has 1 rings (SSSR count). The molecular weight excluding hydrogens is 326 g/mol. The number of nitrogens with one attached hydrogen (secondary N) is 2. The average molecular weight is 349 g/mol. The second kappa shape index (κ2) is 10.1. The minimum Gasteiger partial charge on any atom is -0.466 e. The highest BCUT2D eigenvalue weighted by Gasteiger charge is 2.27. The Hall–Kier alpha value is -2.90. The molecule has 8 nitrogen and oxygen atoms in total. The fraction of sp³-hybridized carbons (Fsp3) is 0.412. The zero-order valence-corrected chi connectivity index (χ0v) is 14.3. The molecule has 0 unspecified atom stereocenters. The molecule has 0 saturated heterocycles. The van der Waals surface area contributed by atoms with Crippen LogP contribution < -0.4 is 16.4 Å². The number of carbonyl (C=O) groups excluding carboxylic acids is 4. The fourth-order valence-corrected chi connectivity index (χ4v) is 2.17. The number of primary amides is 1. The highest BCUT2D eigenvalue weighted by Crippen LogP contribution is 2.09. The van der Waals surface area contributed by atoms with Crippen LogP contribution in [-0.2, 0) is 19.1 Å². The molecule has 4 N–H and O–H groups in total. The van der Waals surface area contributed by atoms with E-state index < -0.39 is 35.7 Å². The standard InChI is InChI=1S/C17H23N3O5/c1-3-25-14(22)9-11(2)15(16(18)23)20-13(21)10-19-17(24)12-7-5-4-6-8-12/h4-8,11,15H,3,9-10H2,1-2H3,(H2,18,23)(H,19,24)(H,20,21)/t11-,15-/m0/s1. The van der Waals surface area contributed by atoms with Gasteiger partial charge >= 0.3 is 5.97 Å². The number of amides is 3. The van der Waals surface area contributed by atoms with Crippen molar-refractivity contribution in [2.45, 2.75) is 26.3 Å². The zero-order chi connectivity index (χ0) is 18.8. The van der Waals surface area contributed by atoms with E-state index in [2.05, 4.69) is 10.6 Å². The topological polar surface area (TPSA) is 128 Å². The van der Waals surface area contributed by atoms with Crippen LogP contribution in [0.15, 0.2) is 30.3 Å². The third-order valence-electron chi connectivity index (χ3n) is 3.43. The number of ether oxygens (including phenoxy) is 1. The van der Waals surface area contributed by atoms with Gasteiger partial charge in [0, 0.05) is 5.56 Å². The Morgan fingerprint density at radius 1 is 1.16 bits per heavy atom. The van der Waals surface area contributed by atoms with E-state index in [9.17, 15) is 19.2 Å². The van der Waals surface area contributed by atoms with Crippen molar-refractivity contribution < 1.29 is 23.9 Å². The van der Waals surface area contributed by atoms with E-state index >= 15 is 0 Å². The second-order valence-electron chi connectivity index (χ2n) is 5.48. The summed E-state index contributed by atoms with van der Waals surface area (Å²) >= 11 is 0. The smallest absolute Gasteiger partial charge is 0.306 e. The summed E-state index contributed by atoms with van der Waals surface area (Å²) < 4.78 is 4.81. The molecule has 0 aliphatic carbocycles. The molecule has 1 aromatic carbocycles. The first-order valence-corrected chi connectivity index (χ1v) is 7.92. The van der Waals surface area contributed by atoms with Crippen LogP contribution >= 0.6 is 0 Å². The van der Waals surface area contributed by atoms with Crippen LogP contribution in [0.25, 0.3) is 0 Å². The van der Waals surface area contributed by atoms with Crippen LogP contribution in [0.3, 0.4) is 0 Å². The lowest BCUT2D eigenvalue weighted by molar-refractivity contribution is -0.144. The van der Waals surface area contributed by atoms with Crippen molar-refractivity contribution >= 4 is 23.7 Å². The zero-order valence-electron chi connectivity index (χ0n) is 14.3. The minimum absolute atomic E-state index is 0.0574. The number of rotatable bonds is 9. The van der Waals surface area contributed by atoms with Gasteiger partial charge in [-0.15, -0.1) is 0 Å². The lowest BCUT2D eigenvalue weighted by atomic mass is 9.97. The van der Waals surface area contributed by atoms with Gasteiger partial charge in [0.05, 0.1) is 19.6 Å². The molecule has 25 heavy (non-hydrogen) atoms. The normalized spacial score (nSPS) is 12.6. The Balaban J connectivity index is 2.54. The molecule has 136 valence electrons. The van der Waals surface area contributed by atoms with Crippen molar-refractivity contribution in [3.63, 3.8) is 0 Å². The molecule has 0 fully saturated rings. The maximum atomic E-state index is 12.0. The Labute approximate surface area is 146 Å². The summed E-state index contributed by atoms with van der Waals surface area (Å²) in [5.74, 6) is -2.77. The molecule has 0 heterocycles. The van der Waals surface area contributed by atoms with E-state index in [4.69, 9.17) is 10.5 Å². The first-order valence-electron chi connectivity index (χ1n) is 7.92. The quantitative estimate of drug-likeness (QED) is 0.540. The Kier molecular flexibility index (Phi) is 8.11. The highest BCUT2D eigenvalue weighted by molar-refractivity contribution is 5.97. The molecule has 0 radical (unpaired) electrons. The van der Waals surface area contributed by atoms with Gasteiger partial charge in [0.1, 0.15) is 6.04 Å². The van der Waals surface area contributed by atoms with E-state index in [0.29, 0.717) is 5.56 Å². The first-order chi connectivity index (χ1) is 11.8. The van der Waals surface area contributed by atoms with Gasteiger partial charge in [0.25, 0.3) is 5.91 Å². The summed E-state index contributed by atoms with van der Waals surface area (Å²) in [4.78, 5) is 46.9. The third kappa shape index (κ3) is 7.03. The molecule has 0 saturated carbocycles. The predicted octanol–water partition coefficient (Wildman–Crippen LogP) is -0.0242. The molecule has 1 aromatic rings. The maximum Gasteiger partial charge on any atom is 0.306 e. The van der Waals surface area contributed by atoms with Crippen LogP contribution in [0.5, 0.6) is 0 Å². The van der Waals surface area contributed by atoms with Crippen molar-refractivity contribution in [3.05, 3.63) is 35.9 Å². The molecule has 0 bridgehead atoms. The lowest BCUT2D eigenvalue weighted by Gasteiger charge is -2.21. The van der Waals surface area contributed by atoms with Crippen LogP contribution in [0, 0.1) is 5.92 Å². The molecular formula is C17H23N3O5. The van der Waals surface area contributed by atoms with Crippen molar-refractivity contribution in [3.8, 4) is 0 Å². The number of nitrogens with two attached hydrogens (primary N) is 1. The monoisotopic (exact) mass is 349 g/mol. The lowest BCUT2D eigenvalue weighted by Crippen LogP contribution is -2.51. The fourth-order valence-electron chi connectivity index (χ4n) is 2.17. The number of carbonyl (C=O) groups is 4. The molecule has 0 aliphatic rings. The van der Waals surface area contributed by atoms with Gasteiger partial charge in [-0.1, -0.05) is 25.1 Å². The van der Waals surface area contributed by atoms with E-state index in [1.165, 1.54) is 0 Å². The molecule has 0 aliphatic heterocycles. The number of hydrogen-bond acceptors (Lipinski definition) is 5.